The topological polar surface area (TPSA) is 30.9 Å². The van der Waals surface area contributed by atoms with Crippen LogP contribution in [0.3, 0.4) is 0 Å². The molecular weight excluding hydrogens is 721 g/mol. The monoisotopic (exact) mass is 766 g/mol. The molecule has 0 atom stereocenters. The van der Waals surface area contributed by atoms with Crippen LogP contribution in [0, 0.1) is 0 Å². The van der Waals surface area contributed by atoms with Crippen LogP contribution in [0.5, 0.6) is 0 Å². The standard InChI is InChI=1S/C49H32N2S.C4H8.C2H6/c50-44-13-7-12-40-36-8-1-2-9-37(36)41(49(40)44)23-17-30-16-18-32-27-35(22-19-31(32)26-30)51-45-14-5-3-10-38(45)42-28-33(20-24-46(42)51)34-21-25-48-43(29-34)39-11-4-6-15-47(39)52-48;1-3-4-2;1-2/h1-16,18-29H,17,50H2;3-4H,1-2H3;1-2H3/b41-23-;4-3-;. The molecule has 0 saturated carbocycles. The molecule has 1 aliphatic carbocycles. The first-order chi connectivity index (χ1) is 28.6. The summed E-state index contributed by atoms with van der Waals surface area (Å²) in [7, 11) is 0. The summed E-state index contributed by atoms with van der Waals surface area (Å²) in [4.78, 5) is 0. The molecule has 11 rings (SSSR count). The van der Waals surface area contributed by atoms with E-state index in [0.717, 1.165) is 17.7 Å². The van der Waals surface area contributed by atoms with Crippen LogP contribution in [0.2, 0.25) is 0 Å². The number of rotatable bonds is 4. The van der Waals surface area contributed by atoms with Crippen molar-refractivity contribution < 1.29 is 0 Å². The highest BCUT2D eigenvalue weighted by atomic mass is 32.1. The molecule has 0 spiro atoms. The number of nitrogens with two attached hydrogens (primary N) is 1. The third-order valence-corrected chi connectivity index (χ3v) is 12.4. The van der Waals surface area contributed by atoms with E-state index < -0.39 is 0 Å². The number of nitrogens with zero attached hydrogens (tertiary/aromatic N) is 1. The highest BCUT2D eigenvalue weighted by molar-refractivity contribution is 7.25. The molecule has 3 heteroatoms. The molecule has 0 aliphatic heterocycles. The van der Waals surface area contributed by atoms with E-state index in [2.05, 4.69) is 168 Å². The average Bonchev–Trinajstić information content (AvgIpc) is 3.94. The molecule has 2 N–H and O–H groups in total. The maximum absolute atomic E-state index is 6.53. The van der Waals surface area contributed by atoms with Gasteiger partial charge in [-0.25, -0.2) is 0 Å². The van der Waals surface area contributed by atoms with Gasteiger partial charge in [0.2, 0.25) is 0 Å². The molecule has 0 fully saturated rings. The Morgan fingerprint density at radius 1 is 0.517 bits per heavy atom. The molecule has 10 aromatic rings. The van der Waals surface area contributed by atoms with Gasteiger partial charge in [0.15, 0.2) is 0 Å². The van der Waals surface area contributed by atoms with Gasteiger partial charge < -0.3 is 10.3 Å². The molecule has 0 radical (unpaired) electrons. The fourth-order valence-corrected chi connectivity index (χ4v) is 9.59. The number of fused-ring (bicyclic) bond motifs is 10. The summed E-state index contributed by atoms with van der Waals surface area (Å²) in [6.45, 7) is 8.00. The fraction of sp³-hybridized carbons (Fsp3) is 0.0909. The van der Waals surface area contributed by atoms with Crippen LogP contribution in [0.15, 0.2) is 182 Å². The van der Waals surface area contributed by atoms with Crippen LogP contribution >= 0.6 is 11.3 Å². The number of anilines is 1. The van der Waals surface area contributed by atoms with E-state index in [1.54, 1.807) is 0 Å². The van der Waals surface area contributed by atoms with Gasteiger partial charge in [0.05, 0.1) is 11.0 Å². The van der Waals surface area contributed by atoms with Crippen molar-refractivity contribution in [3.63, 3.8) is 0 Å². The van der Waals surface area contributed by atoms with Crippen LogP contribution in [0.1, 0.15) is 44.4 Å². The molecule has 0 bridgehead atoms. The Bertz CT molecular complexity index is 3200. The molecular formula is C55H46N2S. The van der Waals surface area contributed by atoms with Gasteiger partial charge in [-0.1, -0.05) is 141 Å². The van der Waals surface area contributed by atoms with E-state index in [9.17, 15) is 0 Å². The quantitative estimate of drug-likeness (QED) is 0.140. The van der Waals surface area contributed by atoms with Crippen molar-refractivity contribution in [1.82, 2.24) is 4.57 Å². The number of benzene rings is 8. The van der Waals surface area contributed by atoms with Crippen molar-refractivity contribution in [2.24, 2.45) is 0 Å². The summed E-state index contributed by atoms with van der Waals surface area (Å²) >= 11 is 1.87. The molecule has 2 heterocycles. The molecule has 1 aliphatic rings. The van der Waals surface area contributed by atoms with E-state index in [0.29, 0.717) is 0 Å². The lowest BCUT2D eigenvalue weighted by molar-refractivity contribution is 1.18. The minimum Gasteiger partial charge on any atom is -0.398 e. The van der Waals surface area contributed by atoms with Crippen LogP contribution in [-0.4, -0.2) is 4.57 Å². The number of hydrogen-bond acceptors (Lipinski definition) is 2. The van der Waals surface area contributed by atoms with Gasteiger partial charge in [0, 0.05) is 47.9 Å². The smallest absolute Gasteiger partial charge is 0.0541 e. The predicted molar refractivity (Wildman–Crippen MR) is 256 cm³/mol. The van der Waals surface area contributed by atoms with Gasteiger partial charge in [-0.3, -0.25) is 0 Å². The van der Waals surface area contributed by atoms with Crippen molar-refractivity contribution in [1.29, 1.82) is 0 Å². The zero-order chi connectivity index (χ0) is 39.8. The number of thiophene rings is 1. The van der Waals surface area contributed by atoms with Crippen LogP contribution in [0.25, 0.3) is 86.3 Å². The lowest BCUT2D eigenvalue weighted by Crippen LogP contribution is -1.94. The fourth-order valence-electron chi connectivity index (χ4n) is 8.50. The van der Waals surface area contributed by atoms with Crippen molar-refractivity contribution in [2.75, 3.05) is 5.73 Å². The van der Waals surface area contributed by atoms with Gasteiger partial charge >= 0.3 is 0 Å². The second-order valence-corrected chi connectivity index (χ2v) is 15.6. The van der Waals surface area contributed by atoms with E-state index in [1.807, 2.05) is 57.3 Å². The van der Waals surface area contributed by atoms with Crippen LogP contribution in [0.4, 0.5) is 5.69 Å². The van der Waals surface area contributed by atoms with Crippen LogP contribution in [-0.2, 0) is 6.42 Å². The van der Waals surface area contributed by atoms with E-state index in [-0.39, 0.29) is 0 Å². The van der Waals surface area contributed by atoms with Crippen molar-refractivity contribution in [2.45, 2.75) is 34.1 Å². The molecule has 0 unspecified atom stereocenters. The van der Waals surface area contributed by atoms with Crippen molar-refractivity contribution in [3.8, 4) is 27.9 Å². The summed E-state index contributed by atoms with van der Waals surface area (Å²) in [5.41, 5.74) is 20.9. The Labute approximate surface area is 344 Å². The first-order valence-electron chi connectivity index (χ1n) is 20.3. The summed E-state index contributed by atoms with van der Waals surface area (Å²) in [6.07, 6.45) is 7.18. The van der Waals surface area contributed by atoms with E-state index in [4.69, 9.17) is 5.73 Å². The van der Waals surface area contributed by atoms with Gasteiger partial charge in [0.1, 0.15) is 0 Å². The third kappa shape index (κ3) is 6.38. The normalized spacial score (nSPS) is 12.6. The number of aromatic nitrogens is 1. The van der Waals surface area contributed by atoms with Crippen LogP contribution < -0.4 is 5.73 Å². The van der Waals surface area contributed by atoms with Gasteiger partial charge in [-0.2, -0.15) is 0 Å². The van der Waals surface area contributed by atoms with Gasteiger partial charge in [0.25, 0.3) is 0 Å². The summed E-state index contributed by atoms with van der Waals surface area (Å²) in [5, 5.41) is 7.66. The highest BCUT2D eigenvalue weighted by Gasteiger charge is 2.24. The Morgan fingerprint density at radius 3 is 1.98 bits per heavy atom. The molecule has 282 valence electrons. The Morgan fingerprint density at radius 2 is 1.16 bits per heavy atom. The molecule has 0 saturated heterocycles. The first-order valence-corrected chi connectivity index (χ1v) is 21.2. The second-order valence-electron chi connectivity index (χ2n) is 14.6. The molecule has 8 aromatic carbocycles. The Hall–Kier alpha value is -6.68. The Balaban J connectivity index is 0.000000687. The number of hydrogen-bond donors (Lipinski definition) is 1. The number of allylic oxidation sites excluding steroid dienone is 3. The zero-order valence-corrected chi connectivity index (χ0v) is 34.3. The second kappa shape index (κ2) is 15.7. The lowest BCUT2D eigenvalue weighted by atomic mass is 9.98. The SMILES string of the molecule is C/C=C\C.CC.Nc1cccc2c1/C(=C\Cc1ccc3cc(-n4c5ccccc5c5cc(-c6ccc7sc8ccccc8c7c6)ccc54)ccc3c1)c1ccccc1-2. The predicted octanol–water partition coefficient (Wildman–Crippen LogP) is 15.8. The molecule has 0 amide bonds. The summed E-state index contributed by atoms with van der Waals surface area (Å²) in [5.74, 6) is 0. The maximum atomic E-state index is 6.53. The number of para-hydroxylation sites is 1. The number of nitrogen functional groups attached to an aromatic ring is 1. The Kier molecular flexibility index (Phi) is 9.99. The first kappa shape index (κ1) is 36.9. The van der Waals surface area contributed by atoms with Crippen molar-refractivity contribution >= 4 is 75.3 Å². The molecule has 2 nitrogen and oxygen atoms in total. The van der Waals surface area contributed by atoms with Crippen molar-refractivity contribution in [3.05, 3.63) is 199 Å². The van der Waals surface area contributed by atoms with Gasteiger partial charge in [-0.05, 0) is 125 Å². The average molecular weight is 767 g/mol. The van der Waals surface area contributed by atoms with Gasteiger partial charge in [-0.15, -0.1) is 11.3 Å². The molecule has 2 aromatic heterocycles. The zero-order valence-electron chi connectivity index (χ0n) is 33.5. The largest absolute Gasteiger partial charge is 0.398 e. The third-order valence-electron chi connectivity index (χ3n) is 11.3. The van der Waals surface area contributed by atoms with E-state index >= 15 is 0 Å². The minimum atomic E-state index is 0.833. The summed E-state index contributed by atoms with van der Waals surface area (Å²) < 4.78 is 5.09. The summed E-state index contributed by atoms with van der Waals surface area (Å²) in [6, 6.07) is 60.0. The van der Waals surface area contributed by atoms with E-state index in [1.165, 1.54) is 97.4 Å². The minimum absolute atomic E-state index is 0.833. The molecule has 58 heavy (non-hydrogen) atoms. The maximum Gasteiger partial charge on any atom is 0.0541 e. The highest BCUT2D eigenvalue weighted by Crippen LogP contribution is 2.47. The lowest BCUT2D eigenvalue weighted by Gasteiger charge is -2.11.